The topological polar surface area (TPSA) is 32.8 Å². The van der Waals surface area contributed by atoms with Crippen LogP contribution < -0.4 is 0 Å². The van der Waals surface area contributed by atoms with E-state index in [1.165, 1.54) is 33.0 Å². The zero-order valence-corrected chi connectivity index (χ0v) is 11.4. The van der Waals surface area contributed by atoms with Crippen LogP contribution in [0.25, 0.3) is 0 Å². The maximum absolute atomic E-state index is 11.0. The molecule has 0 radical (unpaired) electrons. The van der Waals surface area contributed by atoms with Gasteiger partial charge in [-0.05, 0) is 58.9 Å². The van der Waals surface area contributed by atoms with Gasteiger partial charge in [0.25, 0.3) is 0 Å². The van der Waals surface area contributed by atoms with E-state index in [9.17, 15) is 4.79 Å². The van der Waals surface area contributed by atoms with Crippen molar-refractivity contribution < 1.29 is 9.53 Å². The third kappa shape index (κ3) is 6.03. The van der Waals surface area contributed by atoms with Crippen LogP contribution in [0.2, 0.25) is 0 Å². The first-order chi connectivity index (χ1) is 8.11. The summed E-state index contributed by atoms with van der Waals surface area (Å²) in [5, 5.41) is 0. The van der Waals surface area contributed by atoms with Crippen molar-refractivity contribution in [2.24, 2.45) is 5.92 Å². The predicted octanol–water partition coefficient (Wildman–Crippen LogP) is 1.21. The maximum Gasteiger partial charge on any atom is 0.305 e. The zero-order valence-electron chi connectivity index (χ0n) is 11.4. The summed E-state index contributed by atoms with van der Waals surface area (Å²) in [6.45, 7) is 4.62. The van der Waals surface area contributed by atoms with E-state index in [4.69, 9.17) is 0 Å². The molecule has 1 unspecified atom stereocenters. The summed E-state index contributed by atoms with van der Waals surface area (Å²) in [6.07, 6.45) is 4.05. The molecule has 100 valence electrons. The molecule has 0 aromatic carbocycles. The van der Waals surface area contributed by atoms with Crippen molar-refractivity contribution in [2.45, 2.75) is 25.7 Å². The van der Waals surface area contributed by atoms with Crippen LogP contribution in [0.4, 0.5) is 0 Å². The average molecular weight is 242 g/mol. The Balaban J connectivity index is 2.01. The SMILES string of the molecule is COC(=O)CCCN(C)CCC1CCN(C)C1. The molecule has 1 saturated heterocycles. The Labute approximate surface area is 105 Å². The molecule has 1 aliphatic heterocycles. The summed E-state index contributed by atoms with van der Waals surface area (Å²) in [7, 11) is 5.78. The normalized spacial score (nSPS) is 21.1. The molecule has 1 fully saturated rings. The van der Waals surface area contributed by atoms with Crippen molar-refractivity contribution in [2.75, 3.05) is 47.4 Å². The van der Waals surface area contributed by atoms with Gasteiger partial charge in [0.2, 0.25) is 0 Å². The van der Waals surface area contributed by atoms with Gasteiger partial charge in [-0.15, -0.1) is 0 Å². The average Bonchev–Trinajstić information content (AvgIpc) is 2.72. The number of rotatable bonds is 7. The van der Waals surface area contributed by atoms with Crippen LogP contribution >= 0.6 is 0 Å². The minimum Gasteiger partial charge on any atom is -0.469 e. The quantitative estimate of drug-likeness (QED) is 0.628. The van der Waals surface area contributed by atoms with Crippen molar-refractivity contribution >= 4 is 5.97 Å². The molecule has 4 heteroatoms. The fourth-order valence-corrected chi connectivity index (χ4v) is 2.37. The molecule has 17 heavy (non-hydrogen) atoms. The van der Waals surface area contributed by atoms with Crippen molar-refractivity contribution in [3.63, 3.8) is 0 Å². The molecule has 1 atom stereocenters. The van der Waals surface area contributed by atoms with E-state index in [0.29, 0.717) is 6.42 Å². The fourth-order valence-electron chi connectivity index (χ4n) is 2.37. The Morgan fingerprint density at radius 1 is 1.47 bits per heavy atom. The molecule has 0 aromatic rings. The van der Waals surface area contributed by atoms with Crippen LogP contribution in [0.15, 0.2) is 0 Å². The van der Waals surface area contributed by atoms with Crippen LogP contribution in [0.3, 0.4) is 0 Å². The molecule has 0 aromatic heterocycles. The van der Waals surface area contributed by atoms with E-state index in [1.54, 1.807) is 0 Å². The highest BCUT2D eigenvalue weighted by Crippen LogP contribution is 2.17. The van der Waals surface area contributed by atoms with Gasteiger partial charge in [-0.1, -0.05) is 0 Å². The molecule has 1 rings (SSSR count). The maximum atomic E-state index is 11.0. The lowest BCUT2D eigenvalue weighted by molar-refractivity contribution is -0.140. The lowest BCUT2D eigenvalue weighted by Crippen LogP contribution is -2.24. The number of methoxy groups -OCH3 is 1. The van der Waals surface area contributed by atoms with Crippen LogP contribution in [0.5, 0.6) is 0 Å². The van der Waals surface area contributed by atoms with Crippen LogP contribution in [-0.2, 0) is 9.53 Å². The van der Waals surface area contributed by atoms with Gasteiger partial charge in [-0.25, -0.2) is 0 Å². The van der Waals surface area contributed by atoms with E-state index in [1.807, 2.05) is 0 Å². The standard InChI is InChI=1S/C13H26N2O2/c1-14(8-4-5-13(16)17-3)9-6-12-7-10-15(2)11-12/h12H,4-11H2,1-3H3. The number of nitrogens with zero attached hydrogens (tertiary/aromatic N) is 2. The molecular weight excluding hydrogens is 216 g/mol. The molecular formula is C13H26N2O2. The largest absolute Gasteiger partial charge is 0.469 e. The van der Waals surface area contributed by atoms with Crippen LogP contribution in [0.1, 0.15) is 25.7 Å². The van der Waals surface area contributed by atoms with E-state index in [0.717, 1.165) is 25.4 Å². The number of ether oxygens (including phenoxy) is 1. The third-order valence-electron chi connectivity index (χ3n) is 3.56. The zero-order chi connectivity index (χ0) is 12.7. The molecule has 0 bridgehead atoms. The highest BCUT2D eigenvalue weighted by molar-refractivity contribution is 5.69. The molecule has 1 heterocycles. The lowest BCUT2D eigenvalue weighted by Gasteiger charge is -2.18. The molecule has 1 aliphatic rings. The molecule has 0 saturated carbocycles. The van der Waals surface area contributed by atoms with Gasteiger partial charge in [0.1, 0.15) is 0 Å². The van der Waals surface area contributed by atoms with E-state index in [2.05, 4.69) is 28.6 Å². The third-order valence-corrected chi connectivity index (χ3v) is 3.56. The van der Waals surface area contributed by atoms with E-state index in [-0.39, 0.29) is 5.97 Å². The smallest absolute Gasteiger partial charge is 0.305 e. The van der Waals surface area contributed by atoms with Gasteiger partial charge in [0.15, 0.2) is 0 Å². The first kappa shape index (κ1) is 14.5. The second kappa shape index (κ2) is 7.67. The Hall–Kier alpha value is -0.610. The number of likely N-dealkylation sites (tertiary alicyclic amines) is 1. The molecule has 0 spiro atoms. The van der Waals surface area contributed by atoms with Gasteiger partial charge in [0, 0.05) is 13.0 Å². The highest BCUT2D eigenvalue weighted by atomic mass is 16.5. The number of hydrogen-bond acceptors (Lipinski definition) is 4. The summed E-state index contributed by atoms with van der Waals surface area (Å²) in [6, 6.07) is 0. The van der Waals surface area contributed by atoms with E-state index < -0.39 is 0 Å². The Morgan fingerprint density at radius 3 is 2.82 bits per heavy atom. The summed E-state index contributed by atoms with van der Waals surface area (Å²) >= 11 is 0. The van der Waals surface area contributed by atoms with Crippen molar-refractivity contribution in [3.05, 3.63) is 0 Å². The number of carbonyl (C=O) groups excluding carboxylic acids is 1. The monoisotopic (exact) mass is 242 g/mol. The van der Waals surface area contributed by atoms with Gasteiger partial charge in [-0.3, -0.25) is 4.79 Å². The number of hydrogen-bond donors (Lipinski definition) is 0. The summed E-state index contributed by atoms with van der Waals surface area (Å²) in [5.41, 5.74) is 0. The van der Waals surface area contributed by atoms with Gasteiger partial charge < -0.3 is 14.5 Å². The second-order valence-corrected chi connectivity index (χ2v) is 5.19. The molecule has 0 aliphatic carbocycles. The Bertz CT molecular complexity index is 233. The van der Waals surface area contributed by atoms with Gasteiger partial charge in [0.05, 0.1) is 7.11 Å². The predicted molar refractivity (Wildman–Crippen MR) is 69.0 cm³/mol. The van der Waals surface area contributed by atoms with Crippen molar-refractivity contribution in [1.82, 2.24) is 9.80 Å². The summed E-state index contributed by atoms with van der Waals surface area (Å²) in [4.78, 5) is 15.7. The Kier molecular flexibility index (Phi) is 6.52. The summed E-state index contributed by atoms with van der Waals surface area (Å²) < 4.78 is 4.62. The van der Waals surface area contributed by atoms with Crippen LogP contribution in [0, 0.1) is 5.92 Å². The van der Waals surface area contributed by atoms with Gasteiger partial charge >= 0.3 is 5.97 Å². The van der Waals surface area contributed by atoms with Crippen LogP contribution in [-0.4, -0.2) is 63.2 Å². The van der Waals surface area contributed by atoms with Gasteiger partial charge in [-0.2, -0.15) is 0 Å². The Morgan fingerprint density at radius 2 is 2.24 bits per heavy atom. The van der Waals surface area contributed by atoms with Crippen molar-refractivity contribution in [1.29, 1.82) is 0 Å². The highest BCUT2D eigenvalue weighted by Gasteiger charge is 2.19. The second-order valence-electron chi connectivity index (χ2n) is 5.19. The number of esters is 1. The fraction of sp³-hybridized carbons (Fsp3) is 0.923. The first-order valence-corrected chi connectivity index (χ1v) is 6.55. The van der Waals surface area contributed by atoms with E-state index >= 15 is 0 Å². The minimum atomic E-state index is -0.101. The van der Waals surface area contributed by atoms with Crippen molar-refractivity contribution in [3.8, 4) is 0 Å². The summed E-state index contributed by atoms with van der Waals surface area (Å²) in [5.74, 6) is 0.763. The first-order valence-electron chi connectivity index (χ1n) is 6.55. The number of carbonyl (C=O) groups is 1. The molecule has 4 nitrogen and oxygen atoms in total. The lowest BCUT2D eigenvalue weighted by atomic mass is 10.0. The molecule has 0 N–H and O–H groups in total. The molecule has 0 amide bonds. The minimum absolute atomic E-state index is 0.101.